The number of amides is 1. The maximum absolute atomic E-state index is 12.5. The van der Waals surface area contributed by atoms with Crippen LogP contribution in [0.5, 0.6) is 5.75 Å². The molecule has 0 bridgehead atoms. The number of hydrogen-bond donors (Lipinski definition) is 1. The largest absolute Gasteiger partial charge is 0.497 e. The highest BCUT2D eigenvalue weighted by molar-refractivity contribution is 5.85. The van der Waals surface area contributed by atoms with E-state index >= 15 is 0 Å². The van der Waals surface area contributed by atoms with Gasteiger partial charge in [-0.25, -0.2) is 0 Å². The first-order chi connectivity index (χ1) is 10.2. The molecule has 3 rings (SSSR count). The van der Waals surface area contributed by atoms with Crippen LogP contribution in [-0.2, 0) is 11.2 Å². The van der Waals surface area contributed by atoms with Crippen LogP contribution in [-0.4, -0.2) is 37.0 Å². The van der Waals surface area contributed by atoms with E-state index in [0.29, 0.717) is 18.3 Å². The van der Waals surface area contributed by atoms with Crippen molar-refractivity contribution in [1.82, 2.24) is 4.90 Å². The summed E-state index contributed by atoms with van der Waals surface area (Å²) in [5, 5.41) is 0. The van der Waals surface area contributed by atoms with Crippen LogP contribution in [0.1, 0.15) is 24.8 Å². The standard InChI is InChI=1S/C17H24N2O2.ClH/c1-21-14-6-2-4-12(8-14)9-17(20)19-10-13-5-3-7-16(18)15(13)11-19;/h2,4,6,8,13,15-16H,3,5,7,9-11,18H2,1H3;1H. The summed E-state index contributed by atoms with van der Waals surface area (Å²) in [5.74, 6) is 2.14. The normalized spacial score (nSPS) is 27.0. The SMILES string of the molecule is COc1cccc(CC(=O)N2CC3CCCC(N)C3C2)c1.Cl. The molecule has 1 saturated carbocycles. The quantitative estimate of drug-likeness (QED) is 0.927. The summed E-state index contributed by atoms with van der Waals surface area (Å²) in [6.45, 7) is 1.73. The number of rotatable bonds is 3. The van der Waals surface area contributed by atoms with Crippen LogP contribution in [0.15, 0.2) is 24.3 Å². The van der Waals surface area contributed by atoms with Crippen molar-refractivity contribution < 1.29 is 9.53 Å². The Morgan fingerprint density at radius 3 is 2.91 bits per heavy atom. The number of halogens is 1. The maximum Gasteiger partial charge on any atom is 0.227 e. The maximum atomic E-state index is 12.5. The van der Waals surface area contributed by atoms with Crippen molar-refractivity contribution in [3.63, 3.8) is 0 Å². The van der Waals surface area contributed by atoms with Gasteiger partial charge in [0.15, 0.2) is 0 Å². The van der Waals surface area contributed by atoms with E-state index in [4.69, 9.17) is 10.5 Å². The van der Waals surface area contributed by atoms with Crippen molar-refractivity contribution in [1.29, 1.82) is 0 Å². The number of nitrogens with zero attached hydrogens (tertiary/aromatic N) is 1. The van der Waals surface area contributed by atoms with Crippen molar-refractivity contribution in [3.05, 3.63) is 29.8 Å². The van der Waals surface area contributed by atoms with E-state index in [9.17, 15) is 4.79 Å². The molecule has 122 valence electrons. The smallest absolute Gasteiger partial charge is 0.227 e. The molecule has 0 spiro atoms. The Morgan fingerprint density at radius 1 is 1.36 bits per heavy atom. The van der Waals surface area contributed by atoms with Gasteiger partial charge in [0.2, 0.25) is 5.91 Å². The van der Waals surface area contributed by atoms with E-state index in [1.807, 2.05) is 29.2 Å². The molecule has 22 heavy (non-hydrogen) atoms. The number of carbonyl (C=O) groups excluding carboxylic acids is 1. The Kier molecular flexibility index (Phi) is 5.70. The van der Waals surface area contributed by atoms with Gasteiger partial charge in [0, 0.05) is 19.1 Å². The third-order valence-corrected chi connectivity index (χ3v) is 5.00. The van der Waals surface area contributed by atoms with Crippen LogP contribution >= 0.6 is 12.4 Å². The van der Waals surface area contributed by atoms with Gasteiger partial charge in [-0.05, 0) is 42.4 Å². The van der Waals surface area contributed by atoms with Gasteiger partial charge in [-0.3, -0.25) is 4.79 Å². The molecular formula is C17H25ClN2O2. The predicted octanol–water partition coefficient (Wildman–Crippen LogP) is 2.25. The third kappa shape index (κ3) is 3.55. The molecule has 1 aliphatic heterocycles. The van der Waals surface area contributed by atoms with Crippen molar-refractivity contribution in [3.8, 4) is 5.75 Å². The molecule has 4 nitrogen and oxygen atoms in total. The fourth-order valence-corrected chi connectivity index (χ4v) is 3.79. The first kappa shape index (κ1) is 17.1. The highest BCUT2D eigenvalue weighted by Crippen LogP contribution is 2.35. The minimum Gasteiger partial charge on any atom is -0.497 e. The zero-order chi connectivity index (χ0) is 14.8. The van der Waals surface area contributed by atoms with Crippen molar-refractivity contribution in [2.24, 2.45) is 17.6 Å². The molecule has 1 aromatic carbocycles. The Labute approximate surface area is 138 Å². The number of nitrogens with two attached hydrogens (primary N) is 1. The molecule has 1 heterocycles. The lowest BCUT2D eigenvalue weighted by molar-refractivity contribution is -0.129. The van der Waals surface area contributed by atoms with E-state index in [2.05, 4.69) is 0 Å². The summed E-state index contributed by atoms with van der Waals surface area (Å²) in [6, 6.07) is 8.03. The van der Waals surface area contributed by atoms with Crippen molar-refractivity contribution in [2.75, 3.05) is 20.2 Å². The summed E-state index contributed by atoms with van der Waals surface area (Å²) in [6.07, 6.45) is 3.99. The van der Waals surface area contributed by atoms with Crippen LogP contribution < -0.4 is 10.5 Å². The van der Waals surface area contributed by atoms with Gasteiger partial charge >= 0.3 is 0 Å². The Bertz CT molecular complexity index is 523. The van der Waals surface area contributed by atoms with E-state index in [1.54, 1.807) is 7.11 Å². The highest BCUT2D eigenvalue weighted by Gasteiger charge is 2.40. The number of fused-ring (bicyclic) bond motifs is 1. The Hall–Kier alpha value is -1.26. The molecule has 3 atom stereocenters. The van der Waals surface area contributed by atoms with E-state index in [0.717, 1.165) is 30.8 Å². The number of ether oxygens (including phenoxy) is 1. The number of carbonyl (C=O) groups is 1. The predicted molar refractivity (Wildman–Crippen MR) is 89.3 cm³/mol. The molecular weight excluding hydrogens is 300 g/mol. The lowest BCUT2D eigenvalue weighted by Gasteiger charge is -2.29. The number of benzene rings is 1. The van der Waals surface area contributed by atoms with Gasteiger partial charge in [0.1, 0.15) is 5.75 Å². The second-order valence-electron chi connectivity index (χ2n) is 6.35. The van der Waals surface area contributed by atoms with E-state index in [1.165, 1.54) is 12.8 Å². The van der Waals surface area contributed by atoms with E-state index in [-0.39, 0.29) is 24.4 Å². The lowest BCUT2D eigenvalue weighted by Crippen LogP contribution is -2.38. The lowest BCUT2D eigenvalue weighted by atomic mass is 9.78. The minimum atomic E-state index is 0. The fourth-order valence-electron chi connectivity index (χ4n) is 3.79. The average Bonchev–Trinajstić information content (AvgIpc) is 2.93. The van der Waals surface area contributed by atoms with E-state index < -0.39 is 0 Å². The molecule has 3 unspecified atom stereocenters. The third-order valence-electron chi connectivity index (χ3n) is 5.00. The van der Waals surface area contributed by atoms with Gasteiger partial charge in [0.25, 0.3) is 0 Å². The Morgan fingerprint density at radius 2 is 2.18 bits per heavy atom. The molecule has 5 heteroatoms. The van der Waals surface area contributed by atoms with Crippen LogP contribution in [0.3, 0.4) is 0 Å². The molecule has 0 radical (unpaired) electrons. The van der Waals surface area contributed by atoms with Gasteiger partial charge in [-0.15, -0.1) is 12.4 Å². The number of hydrogen-bond acceptors (Lipinski definition) is 3. The molecule has 2 N–H and O–H groups in total. The average molecular weight is 325 g/mol. The van der Waals surface area contributed by atoms with Crippen LogP contribution in [0.25, 0.3) is 0 Å². The van der Waals surface area contributed by atoms with Crippen molar-refractivity contribution >= 4 is 18.3 Å². The summed E-state index contributed by atoms with van der Waals surface area (Å²) < 4.78 is 5.21. The van der Waals surface area contributed by atoms with Gasteiger partial charge in [-0.2, -0.15) is 0 Å². The van der Waals surface area contributed by atoms with Gasteiger partial charge < -0.3 is 15.4 Å². The molecule has 1 saturated heterocycles. The monoisotopic (exact) mass is 324 g/mol. The molecule has 2 aliphatic rings. The second kappa shape index (κ2) is 7.34. The zero-order valence-corrected chi connectivity index (χ0v) is 13.8. The van der Waals surface area contributed by atoms with Crippen molar-refractivity contribution in [2.45, 2.75) is 31.7 Å². The zero-order valence-electron chi connectivity index (χ0n) is 13.0. The summed E-state index contributed by atoms with van der Waals surface area (Å²) in [4.78, 5) is 14.5. The first-order valence-corrected chi connectivity index (χ1v) is 7.83. The topological polar surface area (TPSA) is 55.6 Å². The Balaban J connectivity index is 0.00000176. The molecule has 2 fully saturated rings. The van der Waals surface area contributed by atoms with Gasteiger partial charge in [0.05, 0.1) is 13.5 Å². The number of methoxy groups -OCH3 is 1. The van der Waals surface area contributed by atoms with Crippen LogP contribution in [0, 0.1) is 11.8 Å². The number of likely N-dealkylation sites (tertiary alicyclic amines) is 1. The molecule has 1 aromatic rings. The molecule has 0 aromatic heterocycles. The minimum absolute atomic E-state index is 0. The second-order valence-corrected chi connectivity index (χ2v) is 6.35. The van der Waals surface area contributed by atoms with Crippen LogP contribution in [0.2, 0.25) is 0 Å². The fraction of sp³-hybridized carbons (Fsp3) is 0.588. The summed E-state index contributed by atoms with van der Waals surface area (Å²) >= 11 is 0. The molecule has 1 amide bonds. The summed E-state index contributed by atoms with van der Waals surface area (Å²) in [7, 11) is 1.65. The summed E-state index contributed by atoms with van der Waals surface area (Å²) in [5.41, 5.74) is 7.23. The van der Waals surface area contributed by atoms with Crippen LogP contribution in [0.4, 0.5) is 0 Å². The first-order valence-electron chi connectivity index (χ1n) is 7.83. The van der Waals surface area contributed by atoms with Gasteiger partial charge in [-0.1, -0.05) is 18.6 Å². The molecule has 1 aliphatic carbocycles. The highest BCUT2D eigenvalue weighted by atomic mass is 35.5.